The topological polar surface area (TPSA) is 12.5 Å². The molecule has 1 spiro atoms. The van der Waals surface area contributed by atoms with Crippen LogP contribution in [0.1, 0.15) is 22.3 Å². The number of nitrogens with zero attached hydrogens (tertiary/aromatic N) is 1. The largest absolute Gasteiger partial charge is 0.457 e. The van der Waals surface area contributed by atoms with Gasteiger partial charge in [-0.1, -0.05) is 164 Å². The van der Waals surface area contributed by atoms with E-state index in [1.54, 1.807) is 0 Å². The van der Waals surface area contributed by atoms with E-state index in [1.165, 1.54) is 60.8 Å². The van der Waals surface area contributed by atoms with Crippen molar-refractivity contribution in [1.82, 2.24) is 0 Å². The van der Waals surface area contributed by atoms with Crippen LogP contribution in [0.15, 0.2) is 212 Å². The summed E-state index contributed by atoms with van der Waals surface area (Å²) in [5.74, 6) is 1.82. The fourth-order valence-corrected chi connectivity index (χ4v) is 9.14. The lowest BCUT2D eigenvalue weighted by molar-refractivity contribution is 0.436. The Hall–Kier alpha value is -7.16. The number of benzene rings is 9. The Labute approximate surface area is 321 Å². The summed E-state index contributed by atoms with van der Waals surface area (Å²) in [6, 6.07) is 76.9. The number of hydrogen-bond acceptors (Lipinski definition) is 2. The van der Waals surface area contributed by atoms with Gasteiger partial charge in [0.05, 0.1) is 11.1 Å². The minimum Gasteiger partial charge on any atom is -0.457 e. The van der Waals surface area contributed by atoms with Crippen molar-refractivity contribution in [3.63, 3.8) is 0 Å². The summed E-state index contributed by atoms with van der Waals surface area (Å²) >= 11 is 0. The highest BCUT2D eigenvalue weighted by Gasteiger charge is 2.50. The molecule has 1 heterocycles. The van der Waals surface area contributed by atoms with E-state index in [9.17, 15) is 0 Å². The van der Waals surface area contributed by atoms with Crippen molar-refractivity contribution < 1.29 is 4.74 Å². The highest BCUT2D eigenvalue weighted by molar-refractivity contribution is 5.95. The maximum absolute atomic E-state index is 6.55. The standard InChI is InChI=1S/C53H35NO/c1-2-16-37(17-3-1)43-21-7-11-26-50(43)54(42-31-29-36-15-4-5-18-38(36)33-42)41-20-14-19-39(34-41)40-30-32-47-45(35-40)44-22-6-8-23-46(44)53(47)48-24-9-12-27-51(48)55-52-28-13-10-25-49(52)53/h1-35H. The third-order valence-corrected chi connectivity index (χ3v) is 11.5. The summed E-state index contributed by atoms with van der Waals surface area (Å²) < 4.78 is 6.55. The van der Waals surface area contributed by atoms with Crippen molar-refractivity contribution in [2.24, 2.45) is 0 Å². The molecule has 0 N–H and O–H groups in total. The second-order valence-electron chi connectivity index (χ2n) is 14.5. The average molecular weight is 702 g/mol. The fourth-order valence-electron chi connectivity index (χ4n) is 9.14. The molecule has 9 aromatic carbocycles. The first kappa shape index (κ1) is 31.4. The number of hydrogen-bond donors (Lipinski definition) is 0. The van der Waals surface area contributed by atoms with Gasteiger partial charge in [-0.2, -0.15) is 0 Å². The van der Waals surface area contributed by atoms with E-state index in [2.05, 4.69) is 217 Å². The Morgan fingerprint density at radius 3 is 1.71 bits per heavy atom. The Kier molecular flexibility index (Phi) is 7.11. The van der Waals surface area contributed by atoms with Crippen molar-refractivity contribution in [3.05, 3.63) is 235 Å². The zero-order chi connectivity index (χ0) is 36.3. The second-order valence-corrected chi connectivity index (χ2v) is 14.5. The van der Waals surface area contributed by atoms with Crippen LogP contribution in [0.5, 0.6) is 11.5 Å². The molecule has 0 radical (unpaired) electrons. The number of fused-ring (bicyclic) bond motifs is 10. The normalized spacial score (nSPS) is 13.0. The van der Waals surface area contributed by atoms with Crippen LogP contribution in [-0.4, -0.2) is 0 Å². The average Bonchev–Trinajstić information content (AvgIpc) is 3.54. The highest BCUT2D eigenvalue weighted by Crippen LogP contribution is 2.62. The van der Waals surface area contributed by atoms with Crippen LogP contribution in [0.2, 0.25) is 0 Å². The Morgan fingerprint density at radius 1 is 0.327 bits per heavy atom. The lowest BCUT2D eigenvalue weighted by Crippen LogP contribution is -2.32. The molecule has 0 fully saturated rings. The van der Waals surface area contributed by atoms with Crippen molar-refractivity contribution in [2.45, 2.75) is 5.41 Å². The molecule has 11 rings (SSSR count). The van der Waals surface area contributed by atoms with Crippen molar-refractivity contribution in [3.8, 4) is 44.9 Å². The molecule has 0 bridgehead atoms. The Morgan fingerprint density at radius 2 is 0.909 bits per heavy atom. The van der Waals surface area contributed by atoms with E-state index in [-0.39, 0.29) is 0 Å². The second kappa shape index (κ2) is 12.5. The summed E-state index contributed by atoms with van der Waals surface area (Å²) in [6.45, 7) is 0. The lowest BCUT2D eigenvalue weighted by Gasteiger charge is -2.39. The van der Waals surface area contributed by atoms with Gasteiger partial charge in [0.2, 0.25) is 0 Å². The van der Waals surface area contributed by atoms with Crippen LogP contribution < -0.4 is 9.64 Å². The van der Waals surface area contributed by atoms with Crippen LogP contribution in [0, 0.1) is 0 Å². The summed E-state index contributed by atoms with van der Waals surface area (Å²) in [5, 5.41) is 2.43. The molecule has 0 saturated heterocycles. The minimum atomic E-state index is -0.480. The van der Waals surface area contributed by atoms with Gasteiger partial charge in [0.25, 0.3) is 0 Å². The molecule has 0 unspecified atom stereocenters. The number of rotatable bonds is 5. The first-order valence-electron chi connectivity index (χ1n) is 18.9. The van der Waals surface area contributed by atoms with Gasteiger partial charge in [0.15, 0.2) is 0 Å². The predicted molar refractivity (Wildman–Crippen MR) is 227 cm³/mol. The van der Waals surface area contributed by atoms with E-state index in [0.717, 1.165) is 34.1 Å². The molecule has 2 nitrogen and oxygen atoms in total. The SMILES string of the molecule is c1ccc(-c2ccccc2N(c2cccc(-c3ccc4c(c3)-c3ccccc3C43c4ccccc4Oc4ccccc43)c2)c2ccc3ccccc3c2)cc1. The van der Waals surface area contributed by atoms with E-state index < -0.39 is 5.41 Å². The Balaban J connectivity index is 1.10. The van der Waals surface area contributed by atoms with Gasteiger partial charge in [-0.3, -0.25) is 0 Å². The molecule has 55 heavy (non-hydrogen) atoms. The molecule has 1 aliphatic heterocycles. The van der Waals surface area contributed by atoms with E-state index >= 15 is 0 Å². The quantitative estimate of drug-likeness (QED) is 0.177. The van der Waals surface area contributed by atoms with Crippen LogP contribution in [0.25, 0.3) is 44.2 Å². The van der Waals surface area contributed by atoms with E-state index in [4.69, 9.17) is 4.74 Å². The van der Waals surface area contributed by atoms with Crippen molar-refractivity contribution in [2.75, 3.05) is 4.90 Å². The molecule has 9 aromatic rings. The first-order chi connectivity index (χ1) is 27.3. The van der Waals surface area contributed by atoms with Crippen LogP contribution >= 0.6 is 0 Å². The van der Waals surface area contributed by atoms with Gasteiger partial charge in [0, 0.05) is 28.1 Å². The van der Waals surface area contributed by atoms with E-state index in [0.29, 0.717) is 0 Å². The minimum absolute atomic E-state index is 0.480. The summed E-state index contributed by atoms with van der Waals surface area (Å²) in [4.78, 5) is 2.41. The molecular weight excluding hydrogens is 667 g/mol. The zero-order valence-electron chi connectivity index (χ0n) is 30.1. The third-order valence-electron chi connectivity index (χ3n) is 11.5. The molecule has 0 aromatic heterocycles. The smallest absolute Gasteiger partial charge is 0.132 e. The van der Waals surface area contributed by atoms with Crippen molar-refractivity contribution >= 4 is 27.8 Å². The van der Waals surface area contributed by atoms with Crippen molar-refractivity contribution in [1.29, 1.82) is 0 Å². The van der Waals surface area contributed by atoms with Gasteiger partial charge in [-0.05, 0) is 98.2 Å². The lowest BCUT2D eigenvalue weighted by atomic mass is 9.66. The van der Waals surface area contributed by atoms with Gasteiger partial charge in [0.1, 0.15) is 11.5 Å². The first-order valence-corrected chi connectivity index (χ1v) is 18.9. The van der Waals surface area contributed by atoms with Crippen LogP contribution in [0.3, 0.4) is 0 Å². The number of anilines is 3. The fraction of sp³-hybridized carbons (Fsp3) is 0.0189. The molecule has 258 valence electrons. The number of para-hydroxylation sites is 3. The summed E-state index contributed by atoms with van der Waals surface area (Å²) in [6.07, 6.45) is 0. The molecular formula is C53H35NO. The maximum atomic E-state index is 6.55. The van der Waals surface area contributed by atoms with Gasteiger partial charge in [-0.15, -0.1) is 0 Å². The van der Waals surface area contributed by atoms with Crippen LogP contribution in [-0.2, 0) is 5.41 Å². The monoisotopic (exact) mass is 701 g/mol. The predicted octanol–water partition coefficient (Wildman–Crippen LogP) is 14.1. The Bertz CT molecular complexity index is 2880. The summed E-state index contributed by atoms with van der Waals surface area (Å²) in [7, 11) is 0. The third kappa shape index (κ3) is 4.82. The molecule has 1 aliphatic carbocycles. The van der Waals surface area contributed by atoms with E-state index in [1.807, 2.05) is 0 Å². The molecule has 0 atom stereocenters. The molecule has 0 saturated carbocycles. The molecule has 2 aliphatic rings. The number of ether oxygens (including phenoxy) is 1. The van der Waals surface area contributed by atoms with Gasteiger partial charge < -0.3 is 9.64 Å². The molecule has 2 heteroatoms. The highest BCUT2D eigenvalue weighted by atomic mass is 16.5. The molecule has 0 amide bonds. The maximum Gasteiger partial charge on any atom is 0.132 e. The van der Waals surface area contributed by atoms with Crippen LogP contribution in [0.4, 0.5) is 17.1 Å². The summed E-state index contributed by atoms with van der Waals surface area (Å²) in [5.41, 5.74) is 15.0. The van der Waals surface area contributed by atoms with Gasteiger partial charge in [-0.25, -0.2) is 0 Å². The van der Waals surface area contributed by atoms with Gasteiger partial charge >= 0.3 is 0 Å². The zero-order valence-corrected chi connectivity index (χ0v) is 30.1.